The first-order valence-electron chi connectivity index (χ1n) is 4.79. The molecule has 1 aromatic heterocycles. The van der Waals surface area contributed by atoms with Crippen LogP contribution in [-0.2, 0) is 6.42 Å². The Morgan fingerprint density at radius 2 is 2.38 bits per heavy atom. The van der Waals surface area contributed by atoms with Gasteiger partial charge in [-0.05, 0) is 36.6 Å². The van der Waals surface area contributed by atoms with Crippen molar-refractivity contribution in [3.63, 3.8) is 0 Å². The lowest BCUT2D eigenvalue weighted by atomic mass is 9.93. The van der Waals surface area contributed by atoms with Crippen LogP contribution in [0.5, 0.6) is 0 Å². The minimum atomic E-state index is 0.129. The smallest absolute Gasteiger partial charge is 0.153 e. The van der Waals surface area contributed by atoms with E-state index < -0.39 is 0 Å². The maximum atomic E-state index is 5.70. The predicted octanol–water partition coefficient (Wildman–Crippen LogP) is 0.288. The van der Waals surface area contributed by atoms with Gasteiger partial charge >= 0.3 is 0 Å². The Hall–Kier alpha value is -0.970. The summed E-state index contributed by atoms with van der Waals surface area (Å²) in [7, 11) is 0. The van der Waals surface area contributed by atoms with Gasteiger partial charge in [0.1, 0.15) is 0 Å². The SMILES string of the molecule is CC(N)Cc1nnnn1C1CCC1. The number of nitrogens with two attached hydrogens (primary N) is 1. The third-order valence-corrected chi connectivity index (χ3v) is 2.49. The molecule has 2 N–H and O–H groups in total. The Morgan fingerprint density at radius 3 is 2.92 bits per heavy atom. The maximum Gasteiger partial charge on any atom is 0.153 e. The number of tetrazole rings is 1. The first-order chi connectivity index (χ1) is 6.27. The molecule has 0 bridgehead atoms. The van der Waals surface area contributed by atoms with Crippen molar-refractivity contribution in [1.29, 1.82) is 0 Å². The van der Waals surface area contributed by atoms with Crippen LogP contribution in [0.15, 0.2) is 0 Å². The Balaban J connectivity index is 2.10. The summed E-state index contributed by atoms with van der Waals surface area (Å²) in [5.41, 5.74) is 5.70. The van der Waals surface area contributed by atoms with Gasteiger partial charge in [-0.25, -0.2) is 4.68 Å². The number of aromatic nitrogens is 4. The molecule has 0 spiro atoms. The van der Waals surface area contributed by atoms with Crippen molar-refractivity contribution in [3.8, 4) is 0 Å². The quantitative estimate of drug-likeness (QED) is 0.727. The number of hydrogen-bond donors (Lipinski definition) is 1. The van der Waals surface area contributed by atoms with Crippen molar-refractivity contribution in [2.75, 3.05) is 0 Å². The summed E-state index contributed by atoms with van der Waals surface area (Å²) >= 11 is 0. The van der Waals surface area contributed by atoms with E-state index in [1.54, 1.807) is 0 Å². The van der Waals surface area contributed by atoms with Gasteiger partial charge in [0.05, 0.1) is 6.04 Å². The molecule has 1 heterocycles. The molecule has 0 radical (unpaired) electrons. The second-order valence-electron chi connectivity index (χ2n) is 3.81. The maximum absolute atomic E-state index is 5.70. The number of hydrogen-bond acceptors (Lipinski definition) is 4. The number of nitrogens with zero attached hydrogens (tertiary/aromatic N) is 4. The highest BCUT2D eigenvalue weighted by molar-refractivity contribution is 4.89. The lowest BCUT2D eigenvalue weighted by Crippen LogP contribution is -2.25. The van der Waals surface area contributed by atoms with Crippen molar-refractivity contribution in [3.05, 3.63) is 5.82 Å². The van der Waals surface area contributed by atoms with Gasteiger partial charge in [-0.15, -0.1) is 5.10 Å². The van der Waals surface area contributed by atoms with Crippen molar-refractivity contribution in [2.45, 2.75) is 44.7 Å². The molecule has 1 aliphatic carbocycles. The topological polar surface area (TPSA) is 69.6 Å². The van der Waals surface area contributed by atoms with Gasteiger partial charge in [0.2, 0.25) is 0 Å². The molecule has 0 aliphatic heterocycles. The van der Waals surface area contributed by atoms with Gasteiger partial charge in [-0.3, -0.25) is 0 Å². The molecule has 1 aliphatic rings. The molecule has 5 nitrogen and oxygen atoms in total. The van der Waals surface area contributed by atoms with Crippen LogP contribution in [0.25, 0.3) is 0 Å². The van der Waals surface area contributed by atoms with Crippen LogP contribution in [0.4, 0.5) is 0 Å². The first-order valence-corrected chi connectivity index (χ1v) is 4.79. The van der Waals surface area contributed by atoms with Crippen molar-refractivity contribution < 1.29 is 0 Å². The van der Waals surface area contributed by atoms with Crippen molar-refractivity contribution >= 4 is 0 Å². The Kier molecular flexibility index (Phi) is 2.26. The van der Waals surface area contributed by atoms with Crippen LogP contribution in [0.2, 0.25) is 0 Å². The highest BCUT2D eigenvalue weighted by Gasteiger charge is 2.23. The summed E-state index contributed by atoms with van der Waals surface area (Å²) in [6.07, 6.45) is 4.47. The van der Waals surface area contributed by atoms with E-state index in [1.807, 2.05) is 11.6 Å². The van der Waals surface area contributed by atoms with Crippen molar-refractivity contribution in [2.24, 2.45) is 5.73 Å². The van der Waals surface area contributed by atoms with E-state index in [2.05, 4.69) is 15.5 Å². The monoisotopic (exact) mass is 181 g/mol. The molecular weight excluding hydrogens is 166 g/mol. The number of rotatable bonds is 3. The Morgan fingerprint density at radius 1 is 1.62 bits per heavy atom. The molecule has 1 atom stereocenters. The molecule has 0 amide bonds. The molecule has 2 rings (SSSR count). The Labute approximate surface area is 77.3 Å². The van der Waals surface area contributed by atoms with E-state index in [1.165, 1.54) is 19.3 Å². The summed E-state index contributed by atoms with van der Waals surface area (Å²) in [4.78, 5) is 0. The molecule has 1 fully saturated rings. The van der Waals surface area contributed by atoms with Crippen LogP contribution in [-0.4, -0.2) is 26.2 Å². The van der Waals surface area contributed by atoms with Crippen LogP contribution in [0.1, 0.15) is 38.1 Å². The molecule has 13 heavy (non-hydrogen) atoms. The van der Waals surface area contributed by atoms with E-state index in [4.69, 9.17) is 5.73 Å². The highest BCUT2D eigenvalue weighted by Crippen LogP contribution is 2.31. The molecule has 1 aromatic rings. The van der Waals surface area contributed by atoms with E-state index in [9.17, 15) is 0 Å². The van der Waals surface area contributed by atoms with Gasteiger partial charge in [-0.2, -0.15) is 0 Å². The molecular formula is C8H15N5. The van der Waals surface area contributed by atoms with E-state index in [0.717, 1.165) is 12.2 Å². The zero-order chi connectivity index (χ0) is 9.26. The zero-order valence-electron chi connectivity index (χ0n) is 7.85. The fourth-order valence-electron chi connectivity index (χ4n) is 1.55. The average Bonchev–Trinajstić information content (AvgIpc) is 2.32. The molecule has 0 saturated heterocycles. The predicted molar refractivity (Wildman–Crippen MR) is 48.1 cm³/mol. The van der Waals surface area contributed by atoms with E-state index >= 15 is 0 Å². The van der Waals surface area contributed by atoms with Gasteiger partial charge in [0, 0.05) is 12.5 Å². The fourth-order valence-corrected chi connectivity index (χ4v) is 1.55. The largest absolute Gasteiger partial charge is 0.328 e. The minimum Gasteiger partial charge on any atom is -0.328 e. The Bertz CT molecular complexity index is 276. The van der Waals surface area contributed by atoms with Gasteiger partial charge in [0.25, 0.3) is 0 Å². The second kappa shape index (κ2) is 3.41. The molecule has 1 unspecified atom stereocenters. The van der Waals surface area contributed by atoms with Crippen LogP contribution in [0, 0.1) is 0 Å². The van der Waals surface area contributed by atoms with Gasteiger partial charge < -0.3 is 5.73 Å². The molecule has 0 aromatic carbocycles. The molecule has 5 heteroatoms. The van der Waals surface area contributed by atoms with Crippen LogP contribution < -0.4 is 5.73 Å². The van der Waals surface area contributed by atoms with Crippen LogP contribution >= 0.6 is 0 Å². The van der Waals surface area contributed by atoms with Crippen molar-refractivity contribution in [1.82, 2.24) is 20.2 Å². The standard InChI is InChI=1S/C8H15N5/c1-6(9)5-8-10-11-12-13(8)7-3-2-4-7/h6-7H,2-5,9H2,1H3. The summed E-state index contributed by atoms with van der Waals surface area (Å²) < 4.78 is 1.94. The lowest BCUT2D eigenvalue weighted by molar-refractivity contribution is 0.276. The fraction of sp³-hybridized carbons (Fsp3) is 0.875. The third kappa shape index (κ3) is 1.70. The minimum absolute atomic E-state index is 0.129. The first kappa shape index (κ1) is 8.62. The summed E-state index contributed by atoms with van der Waals surface area (Å²) in [5, 5.41) is 11.7. The summed E-state index contributed by atoms with van der Waals surface area (Å²) in [6.45, 7) is 1.97. The normalized spacial score (nSPS) is 19.8. The van der Waals surface area contributed by atoms with Gasteiger partial charge in [-0.1, -0.05) is 0 Å². The van der Waals surface area contributed by atoms with E-state index in [0.29, 0.717) is 6.04 Å². The molecule has 1 saturated carbocycles. The highest BCUT2D eigenvalue weighted by atomic mass is 15.5. The molecule has 72 valence electrons. The zero-order valence-corrected chi connectivity index (χ0v) is 7.85. The average molecular weight is 181 g/mol. The lowest BCUT2D eigenvalue weighted by Gasteiger charge is -2.26. The summed E-state index contributed by atoms with van der Waals surface area (Å²) in [5.74, 6) is 0.930. The third-order valence-electron chi connectivity index (χ3n) is 2.49. The van der Waals surface area contributed by atoms with E-state index in [-0.39, 0.29) is 6.04 Å². The second-order valence-corrected chi connectivity index (χ2v) is 3.81. The summed E-state index contributed by atoms with van der Waals surface area (Å²) in [6, 6.07) is 0.661. The van der Waals surface area contributed by atoms with Crippen LogP contribution in [0.3, 0.4) is 0 Å². The van der Waals surface area contributed by atoms with Gasteiger partial charge in [0.15, 0.2) is 5.82 Å².